The van der Waals surface area contributed by atoms with Crippen molar-refractivity contribution in [3.8, 4) is 0 Å². The van der Waals surface area contributed by atoms with Gasteiger partial charge in [-0.15, -0.1) is 0 Å². The first-order valence-electron chi connectivity index (χ1n) is 3.98. The summed E-state index contributed by atoms with van der Waals surface area (Å²) in [5.41, 5.74) is 4.07. The van der Waals surface area contributed by atoms with Crippen LogP contribution in [0.15, 0.2) is 18.5 Å². The average molecular weight is 145 g/mol. The van der Waals surface area contributed by atoms with Crippen LogP contribution in [0.5, 0.6) is 0 Å². The first-order valence-corrected chi connectivity index (χ1v) is 3.98. The van der Waals surface area contributed by atoms with Crippen LogP contribution >= 0.6 is 0 Å². The summed E-state index contributed by atoms with van der Waals surface area (Å²) in [6, 6.07) is 0. The molecule has 11 heavy (non-hydrogen) atoms. The molecule has 0 saturated heterocycles. The Morgan fingerprint density at radius 3 is 3.09 bits per heavy atom. The highest BCUT2D eigenvalue weighted by molar-refractivity contribution is 5.58. The molecule has 1 aliphatic carbocycles. The molecule has 1 aromatic heterocycles. The van der Waals surface area contributed by atoms with Crippen molar-refractivity contribution in [2.24, 2.45) is 0 Å². The van der Waals surface area contributed by atoms with E-state index in [1.165, 1.54) is 16.7 Å². The largest absolute Gasteiger partial charge is 0.264 e. The van der Waals surface area contributed by atoms with Crippen LogP contribution in [-0.4, -0.2) is 4.98 Å². The molecule has 0 N–H and O–H groups in total. The Bertz CT molecular complexity index is 300. The van der Waals surface area contributed by atoms with Gasteiger partial charge in [0.2, 0.25) is 0 Å². The van der Waals surface area contributed by atoms with Gasteiger partial charge in [-0.2, -0.15) is 0 Å². The van der Waals surface area contributed by atoms with Crippen molar-refractivity contribution in [2.75, 3.05) is 0 Å². The van der Waals surface area contributed by atoms with Crippen LogP contribution in [0, 0.1) is 6.92 Å². The van der Waals surface area contributed by atoms with Crippen LogP contribution in [-0.2, 0) is 6.42 Å². The van der Waals surface area contributed by atoms with Gasteiger partial charge in [0.05, 0.1) is 0 Å². The standard InChI is InChI=1S/C10H11N/c1-8-6-11-7-9-4-2-3-5-10(8)9/h3,5-7H,2,4H2,1H3. The van der Waals surface area contributed by atoms with Gasteiger partial charge >= 0.3 is 0 Å². The molecular formula is C10H11N. The molecule has 0 radical (unpaired) electrons. The number of aromatic nitrogens is 1. The molecule has 0 unspecified atom stereocenters. The third-order valence-corrected chi connectivity index (χ3v) is 2.13. The SMILES string of the molecule is Cc1cncc2c1C=CCC2. The van der Waals surface area contributed by atoms with Crippen LogP contribution < -0.4 is 0 Å². The molecule has 1 nitrogen and oxygen atoms in total. The molecule has 0 amide bonds. The van der Waals surface area contributed by atoms with E-state index in [1.807, 2.05) is 12.4 Å². The molecule has 56 valence electrons. The lowest BCUT2D eigenvalue weighted by Crippen LogP contribution is -1.97. The van der Waals surface area contributed by atoms with E-state index in [2.05, 4.69) is 24.1 Å². The molecule has 1 aromatic rings. The first kappa shape index (κ1) is 6.59. The van der Waals surface area contributed by atoms with Crippen LogP contribution in [0.25, 0.3) is 6.08 Å². The summed E-state index contributed by atoms with van der Waals surface area (Å²) in [5, 5.41) is 0. The number of hydrogen-bond acceptors (Lipinski definition) is 1. The predicted molar refractivity (Wildman–Crippen MR) is 46.3 cm³/mol. The van der Waals surface area contributed by atoms with E-state index < -0.39 is 0 Å². The molecule has 0 spiro atoms. The predicted octanol–water partition coefficient (Wildman–Crippen LogP) is 2.35. The van der Waals surface area contributed by atoms with Crippen molar-refractivity contribution in [3.05, 3.63) is 35.2 Å². The van der Waals surface area contributed by atoms with Gasteiger partial charge in [-0.1, -0.05) is 12.2 Å². The summed E-state index contributed by atoms with van der Waals surface area (Å²) in [5.74, 6) is 0. The molecule has 0 aromatic carbocycles. The smallest absolute Gasteiger partial charge is 0.0306 e. The zero-order chi connectivity index (χ0) is 7.68. The van der Waals surface area contributed by atoms with Crippen LogP contribution in [0.4, 0.5) is 0 Å². The van der Waals surface area contributed by atoms with Crippen molar-refractivity contribution >= 4 is 6.08 Å². The van der Waals surface area contributed by atoms with E-state index in [-0.39, 0.29) is 0 Å². The lowest BCUT2D eigenvalue weighted by molar-refractivity contribution is 0.964. The summed E-state index contributed by atoms with van der Waals surface area (Å²) in [4.78, 5) is 4.16. The van der Waals surface area contributed by atoms with Crippen LogP contribution in [0.3, 0.4) is 0 Å². The average Bonchev–Trinajstić information content (AvgIpc) is 2.06. The summed E-state index contributed by atoms with van der Waals surface area (Å²) in [6.45, 7) is 2.11. The number of rotatable bonds is 0. The summed E-state index contributed by atoms with van der Waals surface area (Å²) in [7, 11) is 0. The van der Waals surface area contributed by atoms with Crippen LogP contribution in [0.1, 0.15) is 23.1 Å². The maximum atomic E-state index is 4.16. The van der Waals surface area contributed by atoms with Crippen molar-refractivity contribution in [2.45, 2.75) is 19.8 Å². The van der Waals surface area contributed by atoms with Gasteiger partial charge in [0, 0.05) is 12.4 Å². The maximum Gasteiger partial charge on any atom is 0.0306 e. The van der Waals surface area contributed by atoms with Gasteiger partial charge in [-0.3, -0.25) is 4.98 Å². The highest BCUT2D eigenvalue weighted by Gasteiger charge is 2.05. The third kappa shape index (κ3) is 1.07. The zero-order valence-corrected chi connectivity index (χ0v) is 6.67. The van der Waals surface area contributed by atoms with Gasteiger partial charge in [0.25, 0.3) is 0 Å². The molecule has 1 heteroatoms. The Morgan fingerprint density at radius 1 is 1.36 bits per heavy atom. The van der Waals surface area contributed by atoms with E-state index in [9.17, 15) is 0 Å². The molecule has 0 fully saturated rings. The van der Waals surface area contributed by atoms with E-state index in [0.29, 0.717) is 0 Å². The Kier molecular flexibility index (Phi) is 1.50. The molecule has 1 heterocycles. The van der Waals surface area contributed by atoms with Crippen molar-refractivity contribution in [1.29, 1.82) is 0 Å². The van der Waals surface area contributed by atoms with Gasteiger partial charge < -0.3 is 0 Å². The fourth-order valence-corrected chi connectivity index (χ4v) is 1.51. The first-order chi connectivity index (χ1) is 5.38. The number of hydrogen-bond donors (Lipinski definition) is 0. The Hall–Kier alpha value is -1.11. The van der Waals surface area contributed by atoms with E-state index >= 15 is 0 Å². The lowest BCUT2D eigenvalue weighted by atomic mass is 9.97. The molecule has 0 bridgehead atoms. The molecule has 2 rings (SSSR count). The fraction of sp³-hybridized carbons (Fsp3) is 0.300. The highest BCUT2D eigenvalue weighted by atomic mass is 14.6. The monoisotopic (exact) mass is 145 g/mol. The lowest BCUT2D eigenvalue weighted by Gasteiger charge is -2.10. The quantitative estimate of drug-likeness (QED) is 0.546. The van der Waals surface area contributed by atoms with Gasteiger partial charge in [-0.05, 0) is 36.5 Å². The number of fused-ring (bicyclic) bond motifs is 1. The van der Waals surface area contributed by atoms with E-state index in [0.717, 1.165) is 12.8 Å². The fourth-order valence-electron chi connectivity index (χ4n) is 1.51. The highest BCUT2D eigenvalue weighted by Crippen LogP contribution is 2.20. The molecular weight excluding hydrogens is 134 g/mol. The zero-order valence-electron chi connectivity index (χ0n) is 6.67. The van der Waals surface area contributed by atoms with Crippen molar-refractivity contribution in [3.63, 3.8) is 0 Å². The second kappa shape index (κ2) is 2.50. The topological polar surface area (TPSA) is 12.9 Å². The van der Waals surface area contributed by atoms with Crippen LogP contribution in [0.2, 0.25) is 0 Å². The molecule has 1 aliphatic rings. The summed E-state index contributed by atoms with van der Waals surface area (Å²) < 4.78 is 0. The van der Waals surface area contributed by atoms with E-state index in [1.54, 1.807) is 0 Å². The Morgan fingerprint density at radius 2 is 2.27 bits per heavy atom. The van der Waals surface area contributed by atoms with Gasteiger partial charge in [0.1, 0.15) is 0 Å². The second-order valence-corrected chi connectivity index (χ2v) is 2.97. The van der Waals surface area contributed by atoms with Crippen molar-refractivity contribution in [1.82, 2.24) is 4.98 Å². The van der Waals surface area contributed by atoms with Gasteiger partial charge in [-0.25, -0.2) is 0 Å². The maximum absolute atomic E-state index is 4.16. The Labute approximate surface area is 66.8 Å². The minimum absolute atomic E-state index is 1.15. The number of aryl methyl sites for hydroxylation is 2. The summed E-state index contributed by atoms with van der Waals surface area (Å²) >= 11 is 0. The normalized spacial score (nSPS) is 14.6. The molecule has 0 atom stereocenters. The summed E-state index contributed by atoms with van der Waals surface area (Å²) in [6.07, 6.45) is 10.7. The minimum Gasteiger partial charge on any atom is -0.264 e. The minimum atomic E-state index is 1.15. The number of pyridine rings is 1. The second-order valence-electron chi connectivity index (χ2n) is 2.97. The third-order valence-electron chi connectivity index (χ3n) is 2.13. The molecule has 0 saturated carbocycles. The molecule has 0 aliphatic heterocycles. The number of allylic oxidation sites excluding steroid dienone is 1. The Balaban J connectivity index is 2.60. The van der Waals surface area contributed by atoms with E-state index in [4.69, 9.17) is 0 Å². The number of nitrogens with zero attached hydrogens (tertiary/aromatic N) is 1. The van der Waals surface area contributed by atoms with Gasteiger partial charge in [0.15, 0.2) is 0 Å². The van der Waals surface area contributed by atoms with Crippen molar-refractivity contribution < 1.29 is 0 Å².